The molecule has 3 heterocycles. The van der Waals surface area contributed by atoms with E-state index in [1.807, 2.05) is 17.0 Å². The number of aryl methyl sites for hydroxylation is 1. The summed E-state index contributed by atoms with van der Waals surface area (Å²) in [5.74, 6) is 1.02. The van der Waals surface area contributed by atoms with Gasteiger partial charge in [-0.3, -0.25) is 9.78 Å². The molecule has 132 valence electrons. The topological polar surface area (TPSA) is 63.9 Å². The molecule has 1 amide bonds. The lowest BCUT2D eigenvalue weighted by molar-refractivity contribution is -0.128. The SMILES string of the molecule is CCc1ccc(CN2CC(c3ncnn3-c3cccnc3)CC2=O)cc1. The molecule has 4 rings (SSSR count). The minimum Gasteiger partial charge on any atom is -0.338 e. The Morgan fingerprint density at radius 2 is 1.96 bits per heavy atom. The third-order valence-corrected chi connectivity index (χ3v) is 4.85. The third kappa shape index (κ3) is 3.22. The van der Waals surface area contributed by atoms with Crippen LogP contribution in [0.4, 0.5) is 0 Å². The van der Waals surface area contributed by atoms with Gasteiger partial charge in [-0.15, -0.1) is 0 Å². The lowest BCUT2D eigenvalue weighted by Crippen LogP contribution is -2.24. The van der Waals surface area contributed by atoms with Crippen molar-refractivity contribution >= 4 is 5.91 Å². The molecule has 1 atom stereocenters. The second kappa shape index (κ2) is 7.07. The van der Waals surface area contributed by atoms with Crippen LogP contribution in [0, 0.1) is 0 Å². The fourth-order valence-electron chi connectivity index (χ4n) is 3.41. The molecule has 1 aliphatic rings. The summed E-state index contributed by atoms with van der Waals surface area (Å²) in [6, 6.07) is 12.3. The maximum absolute atomic E-state index is 12.5. The summed E-state index contributed by atoms with van der Waals surface area (Å²) in [6.45, 7) is 3.44. The van der Waals surface area contributed by atoms with E-state index in [0.717, 1.165) is 23.5 Å². The maximum Gasteiger partial charge on any atom is 0.223 e. The Hall–Kier alpha value is -3.02. The smallest absolute Gasteiger partial charge is 0.223 e. The molecule has 1 unspecified atom stereocenters. The van der Waals surface area contributed by atoms with Crippen LogP contribution in [0.1, 0.15) is 36.2 Å². The highest BCUT2D eigenvalue weighted by Gasteiger charge is 2.33. The zero-order valence-electron chi connectivity index (χ0n) is 14.7. The Kier molecular flexibility index (Phi) is 4.48. The van der Waals surface area contributed by atoms with E-state index < -0.39 is 0 Å². The molecule has 6 nitrogen and oxygen atoms in total. The number of pyridine rings is 1. The van der Waals surface area contributed by atoms with E-state index in [1.165, 1.54) is 5.56 Å². The van der Waals surface area contributed by atoms with Gasteiger partial charge in [0.15, 0.2) is 0 Å². The maximum atomic E-state index is 12.5. The number of rotatable bonds is 5. The zero-order chi connectivity index (χ0) is 17.9. The zero-order valence-corrected chi connectivity index (χ0v) is 14.7. The largest absolute Gasteiger partial charge is 0.338 e. The van der Waals surface area contributed by atoms with Gasteiger partial charge in [0.1, 0.15) is 12.2 Å². The van der Waals surface area contributed by atoms with Gasteiger partial charge < -0.3 is 4.90 Å². The highest BCUT2D eigenvalue weighted by atomic mass is 16.2. The number of nitrogens with zero attached hydrogens (tertiary/aromatic N) is 5. The Balaban J connectivity index is 1.51. The molecule has 0 bridgehead atoms. The van der Waals surface area contributed by atoms with Gasteiger partial charge in [-0.05, 0) is 29.7 Å². The number of hydrogen-bond acceptors (Lipinski definition) is 4. The average molecular weight is 347 g/mol. The molecule has 1 aromatic carbocycles. The van der Waals surface area contributed by atoms with Gasteiger partial charge in [0, 0.05) is 31.6 Å². The van der Waals surface area contributed by atoms with Crippen LogP contribution >= 0.6 is 0 Å². The first-order valence-electron chi connectivity index (χ1n) is 8.90. The van der Waals surface area contributed by atoms with Crippen molar-refractivity contribution in [2.75, 3.05) is 6.54 Å². The highest BCUT2D eigenvalue weighted by Crippen LogP contribution is 2.29. The standard InChI is InChI=1S/C20H21N5O/c1-2-15-5-7-16(8-6-15)12-24-13-17(10-19(24)26)20-22-14-23-25(20)18-4-3-9-21-11-18/h3-9,11,14,17H,2,10,12-13H2,1H3. The number of carbonyl (C=O) groups excluding carboxylic acids is 1. The predicted molar refractivity (Wildman–Crippen MR) is 97.7 cm³/mol. The number of carbonyl (C=O) groups is 1. The van der Waals surface area contributed by atoms with Crippen molar-refractivity contribution in [2.24, 2.45) is 0 Å². The van der Waals surface area contributed by atoms with Crippen molar-refractivity contribution in [2.45, 2.75) is 32.2 Å². The van der Waals surface area contributed by atoms with Gasteiger partial charge in [-0.2, -0.15) is 5.10 Å². The lowest BCUT2D eigenvalue weighted by Gasteiger charge is -2.17. The van der Waals surface area contributed by atoms with Crippen molar-refractivity contribution in [3.05, 3.63) is 72.1 Å². The minimum absolute atomic E-state index is 0.0418. The first-order valence-corrected chi connectivity index (χ1v) is 8.90. The van der Waals surface area contributed by atoms with Gasteiger partial charge in [0.2, 0.25) is 5.91 Å². The number of hydrogen-bond donors (Lipinski definition) is 0. The van der Waals surface area contributed by atoms with Gasteiger partial charge in [0.05, 0.1) is 11.9 Å². The van der Waals surface area contributed by atoms with Crippen molar-refractivity contribution in [1.29, 1.82) is 0 Å². The van der Waals surface area contributed by atoms with Crippen LogP contribution in [-0.4, -0.2) is 37.1 Å². The van der Waals surface area contributed by atoms with Gasteiger partial charge >= 0.3 is 0 Å². The van der Waals surface area contributed by atoms with Crippen LogP contribution in [0.2, 0.25) is 0 Å². The highest BCUT2D eigenvalue weighted by molar-refractivity contribution is 5.79. The first kappa shape index (κ1) is 16.4. The van der Waals surface area contributed by atoms with E-state index >= 15 is 0 Å². The van der Waals surface area contributed by atoms with Crippen LogP contribution < -0.4 is 0 Å². The average Bonchev–Trinajstić information content (AvgIpc) is 3.30. The summed E-state index contributed by atoms with van der Waals surface area (Å²) < 4.78 is 1.78. The molecular weight excluding hydrogens is 326 g/mol. The first-order chi connectivity index (χ1) is 12.7. The summed E-state index contributed by atoms with van der Waals surface area (Å²) >= 11 is 0. The Labute approximate surface area is 152 Å². The molecule has 0 radical (unpaired) electrons. The summed E-state index contributed by atoms with van der Waals surface area (Å²) in [5.41, 5.74) is 3.33. The molecule has 1 fully saturated rings. The summed E-state index contributed by atoms with van der Waals surface area (Å²) in [5, 5.41) is 4.32. The van der Waals surface area contributed by atoms with Crippen LogP contribution in [0.15, 0.2) is 55.1 Å². The van der Waals surface area contributed by atoms with Crippen molar-refractivity contribution in [1.82, 2.24) is 24.6 Å². The number of aromatic nitrogens is 4. The van der Waals surface area contributed by atoms with Crippen LogP contribution in [0.5, 0.6) is 0 Å². The van der Waals surface area contributed by atoms with E-state index in [9.17, 15) is 4.79 Å². The Bertz CT molecular complexity index is 888. The summed E-state index contributed by atoms with van der Waals surface area (Å²) in [4.78, 5) is 23.0. The molecule has 1 aliphatic heterocycles. The second-order valence-electron chi connectivity index (χ2n) is 6.59. The fourth-order valence-corrected chi connectivity index (χ4v) is 3.41. The summed E-state index contributed by atoms with van der Waals surface area (Å²) in [7, 11) is 0. The third-order valence-electron chi connectivity index (χ3n) is 4.85. The van der Waals surface area contributed by atoms with Gasteiger partial charge in [-0.1, -0.05) is 31.2 Å². The molecule has 3 aromatic rings. The van der Waals surface area contributed by atoms with Crippen molar-refractivity contribution in [3.8, 4) is 5.69 Å². The lowest BCUT2D eigenvalue weighted by atomic mass is 10.1. The van der Waals surface area contributed by atoms with E-state index in [-0.39, 0.29) is 11.8 Å². The molecule has 1 saturated heterocycles. The van der Waals surface area contributed by atoms with Crippen molar-refractivity contribution in [3.63, 3.8) is 0 Å². The Morgan fingerprint density at radius 3 is 2.69 bits per heavy atom. The monoisotopic (exact) mass is 347 g/mol. The van der Waals surface area contributed by atoms with E-state index in [2.05, 4.69) is 46.3 Å². The fraction of sp³-hybridized carbons (Fsp3) is 0.300. The van der Waals surface area contributed by atoms with Crippen LogP contribution in [0.25, 0.3) is 5.69 Å². The molecular formula is C20H21N5O. The normalized spacial score (nSPS) is 17.0. The molecule has 0 saturated carbocycles. The number of amides is 1. The molecule has 0 spiro atoms. The molecule has 6 heteroatoms. The quantitative estimate of drug-likeness (QED) is 0.712. The van der Waals surface area contributed by atoms with Crippen molar-refractivity contribution < 1.29 is 4.79 Å². The predicted octanol–water partition coefficient (Wildman–Crippen LogP) is 2.74. The minimum atomic E-state index is 0.0418. The number of benzene rings is 1. The molecule has 26 heavy (non-hydrogen) atoms. The van der Waals surface area contributed by atoms with Gasteiger partial charge in [0.25, 0.3) is 0 Å². The molecule has 0 aliphatic carbocycles. The van der Waals surface area contributed by atoms with Crippen LogP contribution in [-0.2, 0) is 17.8 Å². The van der Waals surface area contributed by atoms with E-state index in [1.54, 1.807) is 23.4 Å². The van der Waals surface area contributed by atoms with Gasteiger partial charge in [-0.25, -0.2) is 9.67 Å². The summed E-state index contributed by atoms with van der Waals surface area (Å²) in [6.07, 6.45) is 6.51. The van der Waals surface area contributed by atoms with E-state index in [4.69, 9.17) is 0 Å². The van der Waals surface area contributed by atoms with Crippen LogP contribution in [0.3, 0.4) is 0 Å². The molecule has 0 N–H and O–H groups in total. The Morgan fingerprint density at radius 1 is 1.15 bits per heavy atom. The number of likely N-dealkylation sites (tertiary alicyclic amines) is 1. The van der Waals surface area contributed by atoms with E-state index in [0.29, 0.717) is 19.5 Å². The second-order valence-corrected chi connectivity index (χ2v) is 6.59. The molecule has 2 aromatic heterocycles.